The summed E-state index contributed by atoms with van der Waals surface area (Å²) in [7, 11) is -4.19. The van der Waals surface area contributed by atoms with Crippen molar-refractivity contribution < 1.29 is 9.13 Å². The lowest BCUT2D eigenvalue weighted by molar-refractivity contribution is 0.495. The molecule has 0 aliphatic carbocycles. The monoisotopic (exact) mass is 618 g/mol. The van der Waals surface area contributed by atoms with Crippen LogP contribution in [0.4, 0.5) is 0 Å². The second-order valence-corrected chi connectivity index (χ2v) is 21.1. The lowest BCUT2D eigenvalue weighted by Crippen LogP contribution is -2.36. The van der Waals surface area contributed by atoms with Crippen LogP contribution in [0.25, 0.3) is 0 Å². The number of hydrogen-bond acceptors (Lipinski definition) is 2. The Morgan fingerprint density at radius 3 is 1.49 bits per heavy atom. The highest BCUT2D eigenvalue weighted by Crippen LogP contribution is 2.75. The van der Waals surface area contributed by atoms with E-state index in [2.05, 4.69) is 132 Å². The maximum absolute atomic E-state index is 16.0. The van der Waals surface area contributed by atoms with Crippen LogP contribution in [-0.4, -0.2) is 12.3 Å². The number of hydrogen-bond donors (Lipinski definition) is 0. The zero-order valence-corrected chi connectivity index (χ0v) is 30.9. The Morgan fingerprint density at radius 1 is 0.674 bits per heavy atom. The molecule has 4 heteroatoms. The molecule has 2 nitrogen and oxygen atoms in total. The van der Waals surface area contributed by atoms with Crippen molar-refractivity contribution in [3.05, 3.63) is 100 Å². The Morgan fingerprint density at radius 2 is 1.09 bits per heavy atom. The molecule has 3 aromatic carbocycles. The molecule has 0 aromatic heterocycles. The molecule has 1 fully saturated rings. The molecule has 4 unspecified atom stereocenters. The molecule has 0 bridgehead atoms. The molecule has 0 radical (unpaired) electrons. The van der Waals surface area contributed by atoms with Gasteiger partial charge in [0.15, 0.2) is 0 Å². The van der Waals surface area contributed by atoms with Gasteiger partial charge in [-0.15, -0.1) is 0 Å². The summed E-state index contributed by atoms with van der Waals surface area (Å²) in [5.74, 6) is -0.00794. The minimum atomic E-state index is -3.06. The van der Waals surface area contributed by atoms with E-state index in [0.717, 1.165) is 17.3 Å². The van der Waals surface area contributed by atoms with Gasteiger partial charge in [0.05, 0.1) is 13.6 Å². The van der Waals surface area contributed by atoms with Crippen LogP contribution < -0.4 is 5.30 Å². The Hall–Kier alpha value is -1.88. The average Bonchev–Trinajstić information content (AvgIpc) is 3.20. The minimum absolute atomic E-state index is 0.00794. The summed E-state index contributed by atoms with van der Waals surface area (Å²) in [6, 6.07) is 24.3. The standard InChI is InChI=1S/C39H56O2P2/c1-35(2,3)28-20-27(21-29(22-28)36(4,5)6)34-18-19-43(41,33-16-14-13-15-17-33)39(34,26-42-40)32-24-30(37(7,8)9)23-31(25-32)38(10,11)12/h13-17,20-25,34H,18-19,26,42H2,1-12H3. The topological polar surface area (TPSA) is 34.1 Å². The summed E-state index contributed by atoms with van der Waals surface area (Å²) in [5.41, 5.74) is 7.23. The van der Waals surface area contributed by atoms with E-state index in [-0.39, 0.29) is 27.6 Å². The van der Waals surface area contributed by atoms with E-state index in [4.69, 9.17) is 0 Å². The van der Waals surface area contributed by atoms with Crippen LogP contribution in [0.2, 0.25) is 0 Å². The molecule has 0 amide bonds. The van der Waals surface area contributed by atoms with Crippen molar-refractivity contribution in [1.82, 2.24) is 0 Å². The van der Waals surface area contributed by atoms with E-state index in [1.165, 1.54) is 27.8 Å². The summed E-state index contributed by atoms with van der Waals surface area (Å²) < 4.78 is 29.1. The normalized spacial score (nSPS) is 23.8. The predicted octanol–water partition coefficient (Wildman–Crippen LogP) is 10.7. The lowest BCUT2D eigenvalue weighted by atomic mass is 9.72. The third-order valence-electron chi connectivity index (χ3n) is 9.78. The third kappa shape index (κ3) is 6.44. The van der Waals surface area contributed by atoms with Crippen LogP contribution in [0.5, 0.6) is 0 Å². The summed E-state index contributed by atoms with van der Waals surface area (Å²) in [4.78, 5) is 0. The maximum atomic E-state index is 16.0. The van der Waals surface area contributed by atoms with Gasteiger partial charge in [0.1, 0.15) is 7.14 Å². The van der Waals surface area contributed by atoms with E-state index in [0.29, 0.717) is 12.3 Å². The first-order valence-corrected chi connectivity index (χ1v) is 19.2. The molecule has 0 N–H and O–H groups in total. The summed E-state index contributed by atoms with van der Waals surface area (Å²) in [6.07, 6.45) is 1.87. The van der Waals surface area contributed by atoms with Crippen molar-refractivity contribution in [3.8, 4) is 0 Å². The lowest BCUT2D eigenvalue weighted by Gasteiger charge is -2.42. The minimum Gasteiger partial charge on any atom is -0.330 e. The van der Waals surface area contributed by atoms with Crippen molar-refractivity contribution >= 4 is 20.9 Å². The number of benzene rings is 3. The molecule has 3 aromatic rings. The van der Waals surface area contributed by atoms with Crippen molar-refractivity contribution in [2.75, 3.05) is 12.3 Å². The van der Waals surface area contributed by atoms with E-state index >= 15 is 4.57 Å². The molecule has 0 spiro atoms. The molecule has 234 valence electrons. The Balaban J connectivity index is 2.17. The highest BCUT2D eigenvalue weighted by atomic mass is 31.2. The maximum Gasteiger partial charge on any atom is 0.126 e. The van der Waals surface area contributed by atoms with E-state index in [1.54, 1.807) is 0 Å². The molecule has 1 heterocycles. The molecule has 1 aliphatic heterocycles. The first-order chi connectivity index (χ1) is 19.6. The van der Waals surface area contributed by atoms with E-state index in [9.17, 15) is 4.57 Å². The average molecular weight is 619 g/mol. The van der Waals surface area contributed by atoms with Gasteiger partial charge in [-0.3, -0.25) is 0 Å². The molecule has 43 heavy (non-hydrogen) atoms. The van der Waals surface area contributed by atoms with Crippen LogP contribution in [0.15, 0.2) is 66.7 Å². The Bertz CT molecular complexity index is 1460. The van der Waals surface area contributed by atoms with Crippen molar-refractivity contribution in [2.45, 2.75) is 122 Å². The predicted molar refractivity (Wildman–Crippen MR) is 191 cm³/mol. The molecule has 0 saturated carbocycles. The first-order valence-electron chi connectivity index (χ1n) is 16.1. The Labute approximate surface area is 264 Å². The second-order valence-electron chi connectivity index (χ2n) is 17.1. The molecular weight excluding hydrogens is 562 g/mol. The summed E-state index contributed by atoms with van der Waals surface area (Å²) in [5, 5.41) is 0.171. The number of rotatable bonds is 5. The van der Waals surface area contributed by atoms with Gasteiger partial charge >= 0.3 is 0 Å². The van der Waals surface area contributed by atoms with E-state index in [1.807, 2.05) is 18.2 Å². The van der Waals surface area contributed by atoms with Crippen LogP contribution in [-0.2, 0) is 35.9 Å². The SMILES string of the molecule is CC(C)(C)c1cc(C2CCP(=O)(c3ccccc3)C2(C[PH2]=O)c2cc(C(C)(C)C)cc(C(C)(C)C)c2)cc(C(C)(C)C)c1. The molecule has 1 aliphatic rings. The highest BCUT2D eigenvalue weighted by molar-refractivity contribution is 7.73. The fourth-order valence-corrected chi connectivity index (χ4v) is 12.8. The highest BCUT2D eigenvalue weighted by Gasteiger charge is 2.59. The largest absolute Gasteiger partial charge is 0.330 e. The van der Waals surface area contributed by atoms with Crippen LogP contribution in [0.1, 0.15) is 129 Å². The smallest absolute Gasteiger partial charge is 0.126 e. The second kappa shape index (κ2) is 11.5. The van der Waals surface area contributed by atoms with Crippen LogP contribution in [0, 0.1) is 0 Å². The zero-order chi connectivity index (χ0) is 32.2. The van der Waals surface area contributed by atoms with Crippen molar-refractivity contribution in [2.24, 2.45) is 0 Å². The quantitative estimate of drug-likeness (QED) is 0.267. The third-order valence-corrected chi connectivity index (χ3v) is 15.0. The van der Waals surface area contributed by atoms with Crippen LogP contribution in [0.3, 0.4) is 0 Å². The molecule has 4 rings (SSSR count). The molecule has 4 atom stereocenters. The summed E-state index contributed by atoms with van der Waals surface area (Å²) >= 11 is 0. The molecular formula is C39H56O2P2. The van der Waals surface area contributed by atoms with Gasteiger partial charge < -0.3 is 9.13 Å². The van der Waals surface area contributed by atoms with Crippen LogP contribution >= 0.6 is 15.6 Å². The van der Waals surface area contributed by atoms with Gasteiger partial charge in [0, 0.05) is 23.5 Å². The van der Waals surface area contributed by atoms with Gasteiger partial charge in [-0.25, -0.2) is 0 Å². The van der Waals surface area contributed by atoms with Gasteiger partial charge in [-0.05, 0) is 61.5 Å². The van der Waals surface area contributed by atoms with Crippen molar-refractivity contribution in [1.29, 1.82) is 0 Å². The van der Waals surface area contributed by atoms with Gasteiger partial charge in [-0.2, -0.15) is 0 Å². The zero-order valence-electron chi connectivity index (χ0n) is 28.9. The van der Waals surface area contributed by atoms with Gasteiger partial charge in [0.25, 0.3) is 0 Å². The molecule has 1 saturated heterocycles. The Kier molecular flexibility index (Phi) is 9.08. The van der Waals surface area contributed by atoms with Crippen molar-refractivity contribution in [3.63, 3.8) is 0 Å². The van der Waals surface area contributed by atoms with Gasteiger partial charge in [0.2, 0.25) is 0 Å². The fourth-order valence-electron chi connectivity index (χ4n) is 6.88. The fraction of sp³-hybridized carbons (Fsp3) is 0.538. The summed E-state index contributed by atoms with van der Waals surface area (Å²) in [6.45, 7) is 27.2. The first kappa shape index (κ1) is 34.0. The van der Waals surface area contributed by atoms with E-state index < -0.39 is 20.8 Å². The van der Waals surface area contributed by atoms with Gasteiger partial charge in [-0.1, -0.05) is 150 Å².